The molecule has 1 fully saturated rings. The zero-order chi connectivity index (χ0) is 11.4. The predicted octanol–water partition coefficient (Wildman–Crippen LogP) is 0.373. The predicted molar refractivity (Wildman–Crippen MR) is 58.7 cm³/mol. The van der Waals surface area contributed by atoms with E-state index in [2.05, 4.69) is 15.5 Å². The van der Waals surface area contributed by atoms with Crippen molar-refractivity contribution in [2.75, 3.05) is 6.54 Å². The van der Waals surface area contributed by atoms with E-state index in [1.807, 2.05) is 0 Å². The largest absolute Gasteiger partial charge is 0.388 e. The van der Waals surface area contributed by atoms with E-state index < -0.39 is 5.60 Å². The molecule has 0 aromatic carbocycles. The van der Waals surface area contributed by atoms with Gasteiger partial charge in [0, 0.05) is 18.4 Å². The summed E-state index contributed by atoms with van der Waals surface area (Å²) >= 11 is 0. The third-order valence-corrected chi connectivity index (χ3v) is 3.06. The molecule has 0 radical (unpaired) electrons. The van der Waals surface area contributed by atoms with Crippen LogP contribution < -0.4 is 5.32 Å². The summed E-state index contributed by atoms with van der Waals surface area (Å²) < 4.78 is 0. The molecule has 1 saturated carbocycles. The van der Waals surface area contributed by atoms with Gasteiger partial charge in [-0.25, -0.2) is 0 Å². The van der Waals surface area contributed by atoms with E-state index in [1.165, 1.54) is 0 Å². The van der Waals surface area contributed by atoms with Crippen LogP contribution in [-0.2, 0) is 11.2 Å². The van der Waals surface area contributed by atoms with Crippen molar-refractivity contribution in [3.63, 3.8) is 0 Å². The molecule has 3 N–H and O–H groups in total. The van der Waals surface area contributed by atoms with E-state index in [9.17, 15) is 9.90 Å². The van der Waals surface area contributed by atoms with Crippen molar-refractivity contribution in [2.24, 2.45) is 0 Å². The van der Waals surface area contributed by atoms with Gasteiger partial charge in [0.25, 0.3) is 0 Å². The van der Waals surface area contributed by atoms with E-state index in [-0.39, 0.29) is 12.3 Å². The molecule has 5 nitrogen and oxygen atoms in total. The summed E-state index contributed by atoms with van der Waals surface area (Å²) in [5.74, 6) is -0.0791. The molecule has 1 aromatic heterocycles. The van der Waals surface area contributed by atoms with Gasteiger partial charge in [-0.05, 0) is 18.9 Å². The van der Waals surface area contributed by atoms with Crippen molar-refractivity contribution in [3.8, 4) is 0 Å². The standard InChI is InChI=1S/C11H17N3O2/c15-10(7-9-3-6-13-14-9)12-8-11(16)4-1-2-5-11/h3,6,16H,1-2,4-5,7-8H2,(H,12,15)(H,13,14). The molecule has 5 heteroatoms. The molecule has 0 atom stereocenters. The zero-order valence-corrected chi connectivity index (χ0v) is 9.20. The highest BCUT2D eigenvalue weighted by molar-refractivity contribution is 5.78. The zero-order valence-electron chi connectivity index (χ0n) is 9.20. The van der Waals surface area contributed by atoms with E-state index in [4.69, 9.17) is 0 Å². The minimum Gasteiger partial charge on any atom is -0.388 e. The van der Waals surface area contributed by atoms with Gasteiger partial charge >= 0.3 is 0 Å². The lowest BCUT2D eigenvalue weighted by Gasteiger charge is -2.22. The summed E-state index contributed by atoms with van der Waals surface area (Å²) in [6, 6.07) is 1.77. The second-order valence-electron chi connectivity index (χ2n) is 4.47. The summed E-state index contributed by atoms with van der Waals surface area (Å²) in [5.41, 5.74) is 0.111. The highest BCUT2D eigenvalue weighted by Crippen LogP contribution is 2.28. The maximum Gasteiger partial charge on any atom is 0.226 e. The van der Waals surface area contributed by atoms with Crippen molar-refractivity contribution in [3.05, 3.63) is 18.0 Å². The van der Waals surface area contributed by atoms with E-state index in [0.717, 1.165) is 31.4 Å². The van der Waals surface area contributed by atoms with E-state index in [1.54, 1.807) is 12.3 Å². The molecule has 1 amide bonds. The Bertz CT molecular complexity index is 342. The van der Waals surface area contributed by atoms with Gasteiger partial charge in [0.15, 0.2) is 0 Å². The highest BCUT2D eigenvalue weighted by atomic mass is 16.3. The Morgan fingerprint density at radius 1 is 1.56 bits per heavy atom. The summed E-state index contributed by atoms with van der Waals surface area (Å²) in [6.45, 7) is 0.361. The Hall–Kier alpha value is -1.36. The molecule has 1 aliphatic carbocycles. The van der Waals surface area contributed by atoms with Gasteiger partial charge in [-0.2, -0.15) is 5.10 Å². The van der Waals surface area contributed by atoms with Gasteiger partial charge in [0.05, 0.1) is 12.0 Å². The molecule has 0 spiro atoms. The first-order valence-electron chi connectivity index (χ1n) is 5.65. The average Bonchev–Trinajstić information content (AvgIpc) is 2.88. The van der Waals surface area contributed by atoms with Crippen molar-refractivity contribution in [1.82, 2.24) is 15.5 Å². The van der Waals surface area contributed by atoms with Crippen LogP contribution in [-0.4, -0.2) is 33.4 Å². The van der Waals surface area contributed by atoms with E-state index in [0.29, 0.717) is 6.54 Å². The minimum atomic E-state index is -0.677. The van der Waals surface area contributed by atoms with Crippen molar-refractivity contribution < 1.29 is 9.90 Å². The number of hydrogen-bond donors (Lipinski definition) is 3. The molecular weight excluding hydrogens is 206 g/mol. The number of nitrogens with one attached hydrogen (secondary N) is 2. The van der Waals surface area contributed by atoms with Gasteiger partial charge in [-0.15, -0.1) is 0 Å². The first-order chi connectivity index (χ1) is 7.68. The lowest BCUT2D eigenvalue weighted by Crippen LogP contribution is -2.41. The normalized spacial score (nSPS) is 18.6. The molecule has 0 unspecified atom stereocenters. The van der Waals surface area contributed by atoms with Crippen molar-refractivity contribution in [2.45, 2.75) is 37.7 Å². The Morgan fingerprint density at radius 3 is 2.94 bits per heavy atom. The van der Waals surface area contributed by atoms with Gasteiger partial charge in [0.1, 0.15) is 0 Å². The monoisotopic (exact) mass is 223 g/mol. The molecule has 1 aromatic rings. The average molecular weight is 223 g/mol. The van der Waals surface area contributed by atoms with E-state index >= 15 is 0 Å². The number of H-pyrrole nitrogens is 1. The number of hydrogen-bond acceptors (Lipinski definition) is 3. The number of rotatable bonds is 4. The third kappa shape index (κ3) is 2.82. The maximum atomic E-state index is 11.5. The topological polar surface area (TPSA) is 78.0 Å². The van der Waals surface area contributed by atoms with Crippen LogP contribution in [0.5, 0.6) is 0 Å². The summed E-state index contributed by atoms with van der Waals surface area (Å²) in [7, 11) is 0. The number of aromatic amines is 1. The number of carbonyl (C=O) groups excluding carboxylic acids is 1. The Kier molecular flexibility index (Phi) is 3.24. The van der Waals surface area contributed by atoms with Gasteiger partial charge in [-0.3, -0.25) is 9.89 Å². The van der Waals surface area contributed by atoms with Crippen LogP contribution in [0.1, 0.15) is 31.4 Å². The molecule has 16 heavy (non-hydrogen) atoms. The van der Waals surface area contributed by atoms with Crippen LogP contribution >= 0.6 is 0 Å². The third-order valence-electron chi connectivity index (χ3n) is 3.06. The molecule has 0 aliphatic heterocycles. The number of aromatic nitrogens is 2. The second kappa shape index (κ2) is 4.65. The Labute approximate surface area is 94.2 Å². The SMILES string of the molecule is O=C(Cc1ccn[nH]1)NCC1(O)CCCC1. The summed E-state index contributed by atoms with van der Waals surface area (Å²) in [5, 5.41) is 19.3. The van der Waals surface area contributed by atoms with Crippen LogP contribution in [0.2, 0.25) is 0 Å². The number of amides is 1. The van der Waals surface area contributed by atoms with Crippen LogP contribution in [0.25, 0.3) is 0 Å². The molecule has 1 aliphatic rings. The second-order valence-corrected chi connectivity index (χ2v) is 4.47. The fourth-order valence-electron chi connectivity index (χ4n) is 2.09. The van der Waals surface area contributed by atoms with Crippen LogP contribution in [0.3, 0.4) is 0 Å². The fraction of sp³-hybridized carbons (Fsp3) is 0.636. The molecule has 2 rings (SSSR count). The van der Waals surface area contributed by atoms with Crippen LogP contribution in [0.15, 0.2) is 12.3 Å². The van der Waals surface area contributed by atoms with Crippen molar-refractivity contribution >= 4 is 5.91 Å². The van der Waals surface area contributed by atoms with Crippen molar-refractivity contribution in [1.29, 1.82) is 0 Å². The van der Waals surface area contributed by atoms with Gasteiger partial charge in [0.2, 0.25) is 5.91 Å². The minimum absolute atomic E-state index is 0.0791. The van der Waals surface area contributed by atoms with Crippen LogP contribution in [0, 0.1) is 0 Å². The molecule has 1 heterocycles. The number of carbonyl (C=O) groups is 1. The summed E-state index contributed by atoms with van der Waals surface area (Å²) in [6.07, 6.45) is 5.58. The van der Waals surface area contributed by atoms with Gasteiger partial charge in [-0.1, -0.05) is 12.8 Å². The first-order valence-corrected chi connectivity index (χ1v) is 5.65. The Balaban J connectivity index is 1.75. The molecule has 0 saturated heterocycles. The number of nitrogens with zero attached hydrogens (tertiary/aromatic N) is 1. The van der Waals surface area contributed by atoms with Gasteiger partial charge < -0.3 is 10.4 Å². The molecule has 0 bridgehead atoms. The molecular formula is C11H17N3O2. The maximum absolute atomic E-state index is 11.5. The Morgan fingerprint density at radius 2 is 2.31 bits per heavy atom. The fourth-order valence-corrected chi connectivity index (χ4v) is 2.09. The molecule has 88 valence electrons. The first kappa shape index (κ1) is 11.1. The lowest BCUT2D eigenvalue weighted by atomic mass is 10.0. The van der Waals surface area contributed by atoms with Crippen LogP contribution in [0.4, 0.5) is 0 Å². The summed E-state index contributed by atoms with van der Waals surface area (Å²) in [4.78, 5) is 11.5. The quantitative estimate of drug-likeness (QED) is 0.690. The smallest absolute Gasteiger partial charge is 0.226 e. The highest BCUT2D eigenvalue weighted by Gasteiger charge is 2.31. The number of aliphatic hydroxyl groups is 1. The lowest BCUT2D eigenvalue weighted by molar-refractivity contribution is -0.121.